The first kappa shape index (κ1) is 23.4. The maximum atomic E-state index is 13.2. The van der Waals surface area contributed by atoms with Crippen molar-refractivity contribution in [3.05, 3.63) is 77.6 Å². The summed E-state index contributed by atoms with van der Waals surface area (Å²) >= 11 is 0. The molecule has 0 radical (unpaired) electrons. The number of nitrogens with zero attached hydrogens (tertiary/aromatic N) is 2. The summed E-state index contributed by atoms with van der Waals surface area (Å²) in [6, 6.07) is 20.5. The molecule has 180 valence electrons. The van der Waals surface area contributed by atoms with Gasteiger partial charge < -0.3 is 9.13 Å². The molecule has 0 amide bonds. The van der Waals surface area contributed by atoms with Gasteiger partial charge in [-0.3, -0.25) is 0 Å². The molecule has 0 N–H and O–H groups in total. The molecule has 0 aliphatic carbocycles. The van der Waals surface area contributed by atoms with E-state index in [4.69, 9.17) is 0 Å². The van der Waals surface area contributed by atoms with Gasteiger partial charge in [-0.15, -0.1) is 0 Å². The van der Waals surface area contributed by atoms with Gasteiger partial charge in [0, 0.05) is 69.2 Å². The lowest BCUT2D eigenvalue weighted by molar-refractivity contribution is 0.602. The predicted molar refractivity (Wildman–Crippen MR) is 147 cm³/mol. The molecule has 0 saturated heterocycles. The Morgan fingerprint density at radius 2 is 1.09 bits per heavy atom. The van der Waals surface area contributed by atoms with E-state index in [9.17, 15) is 8.42 Å². The highest BCUT2D eigenvalue weighted by Crippen LogP contribution is 2.47. The minimum atomic E-state index is -3.49. The Kier molecular flexibility index (Phi) is 5.64. The molecule has 5 heteroatoms. The van der Waals surface area contributed by atoms with Crippen molar-refractivity contribution in [2.24, 2.45) is 0 Å². The highest BCUT2D eigenvalue weighted by Gasteiger charge is 2.28. The first-order valence-electron chi connectivity index (χ1n) is 12.2. The van der Waals surface area contributed by atoms with E-state index in [1.54, 1.807) is 6.07 Å². The van der Waals surface area contributed by atoms with E-state index in [2.05, 4.69) is 80.2 Å². The zero-order valence-electron chi connectivity index (χ0n) is 21.3. The smallest absolute Gasteiger partial charge is 0.176 e. The molecule has 0 bridgehead atoms. The number of aromatic nitrogens is 2. The van der Waals surface area contributed by atoms with Gasteiger partial charge in [-0.05, 0) is 63.9 Å². The summed E-state index contributed by atoms with van der Waals surface area (Å²) in [5, 5.41) is 2.24. The molecule has 0 unspecified atom stereocenters. The van der Waals surface area contributed by atoms with Gasteiger partial charge in [-0.2, -0.15) is 0 Å². The molecule has 3 aromatic carbocycles. The van der Waals surface area contributed by atoms with Crippen LogP contribution in [0.15, 0.2) is 65.6 Å². The first-order chi connectivity index (χ1) is 16.7. The molecule has 2 heterocycles. The fourth-order valence-electron chi connectivity index (χ4n) is 5.88. The Morgan fingerprint density at radius 3 is 1.54 bits per heavy atom. The Hall–Kier alpha value is -3.31. The molecule has 0 fully saturated rings. The van der Waals surface area contributed by atoms with E-state index in [0.29, 0.717) is 4.90 Å². The van der Waals surface area contributed by atoms with Crippen LogP contribution < -0.4 is 0 Å². The maximum absolute atomic E-state index is 13.2. The van der Waals surface area contributed by atoms with Crippen LogP contribution in [0.2, 0.25) is 0 Å². The zero-order chi connectivity index (χ0) is 25.1. The van der Waals surface area contributed by atoms with Gasteiger partial charge in [0.05, 0.1) is 4.90 Å². The topological polar surface area (TPSA) is 44.0 Å². The molecule has 4 nitrogen and oxygen atoms in total. The molecule has 0 aliphatic rings. The zero-order valence-corrected chi connectivity index (χ0v) is 22.1. The standard InChI is InChI=1S/C30H32N2O2S/c1-7-31-20(4)28(22-13-9-11-15-24(22)31)27-19(3)17-18-26(35(6,33)34)30(27)29-21(5)32(8-2)25-16-12-10-14-23(25)29/h9-18H,7-8H2,1-6H3. The number of benzene rings is 3. The molecular formula is C30H32N2O2S. The molecule has 2 aromatic heterocycles. The van der Waals surface area contributed by atoms with Gasteiger partial charge in [0.1, 0.15) is 0 Å². The van der Waals surface area contributed by atoms with Crippen molar-refractivity contribution in [3.8, 4) is 22.3 Å². The van der Waals surface area contributed by atoms with Gasteiger partial charge in [0.2, 0.25) is 0 Å². The number of para-hydroxylation sites is 2. The third-order valence-electron chi connectivity index (χ3n) is 7.37. The summed E-state index contributed by atoms with van der Waals surface area (Å²) in [4.78, 5) is 0.382. The average molecular weight is 485 g/mol. The van der Waals surface area contributed by atoms with Crippen LogP contribution in [0.5, 0.6) is 0 Å². The second-order valence-electron chi connectivity index (χ2n) is 9.35. The SMILES string of the molecule is CCn1c(C)c(-c2c(C)ccc(S(C)(=O)=O)c2-c2c(C)n(CC)c3ccccc23)c2ccccc21. The summed E-state index contributed by atoms with van der Waals surface area (Å²) in [6.07, 6.45) is 1.32. The van der Waals surface area contributed by atoms with Gasteiger partial charge in [0.25, 0.3) is 0 Å². The number of hydrogen-bond acceptors (Lipinski definition) is 2. The summed E-state index contributed by atoms with van der Waals surface area (Å²) in [6.45, 7) is 12.3. The van der Waals surface area contributed by atoms with Crippen molar-refractivity contribution < 1.29 is 8.42 Å². The van der Waals surface area contributed by atoms with Crippen LogP contribution in [-0.2, 0) is 22.9 Å². The van der Waals surface area contributed by atoms with E-state index in [0.717, 1.165) is 68.6 Å². The number of fused-ring (bicyclic) bond motifs is 2. The lowest BCUT2D eigenvalue weighted by atomic mass is 9.88. The van der Waals surface area contributed by atoms with Crippen LogP contribution in [0.4, 0.5) is 0 Å². The normalized spacial score (nSPS) is 12.2. The lowest BCUT2D eigenvalue weighted by Gasteiger charge is -2.19. The molecule has 0 spiro atoms. The van der Waals surface area contributed by atoms with Gasteiger partial charge in [-0.1, -0.05) is 42.5 Å². The van der Waals surface area contributed by atoms with Crippen LogP contribution in [0.25, 0.3) is 44.1 Å². The van der Waals surface area contributed by atoms with E-state index in [1.807, 2.05) is 18.2 Å². The average Bonchev–Trinajstić information content (AvgIpc) is 3.27. The highest BCUT2D eigenvalue weighted by molar-refractivity contribution is 7.90. The molecule has 0 saturated carbocycles. The number of sulfone groups is 1. The van der Waals surface area contributed by atoms with Crippen molar-refractivity contribution in [3.63, 3.8) is 0 Å². The molecule has 35 heavy (non-hydrogen) atoms. The van der Waals surface area contributed by atoms with Gasteiger partial charge in [-0.25, -0.2) is 8.42 Å². The second kappa shape index (κ2) is 8.42. The van der Waals surface area contributed by atoms with Crippen LogP contribution in [-0.4, -0.2) is 23.8 Å². The minimum Gasteiger partial charge on any atom is -0.345 e. The fourth-order valence-corrected chi connectivity index (χ4v) is 6.77. The third-order valence-corrected chi connectivity index (χ3v) is 8.51. The van der Waals surface area contributed by atoms with Crippen molar-refractivity contribution in [2.75, 3.05) is 6.26 Å². The van der Waals surface area contributed by atoms with E-state index < -0.39 is 9.84 Å². The van der Waals surface area contributed by atoms with E-state index in [-0.39, 0.29) is 0 Å². The Balaban J connectivity index is 2.05. The molecule has 0 aliphatic heterocycles. The van der Waals surface area contributed by atoms with Crippen molar-refractivity contribution in [1.29, 1.82) is 0 Å². The van der Waals surface area contributed by atoms with Crippen LogP contribution in [0.3, 0.4) is 0 Å². The van der Waals surface area contributed by atoms with E-state index >= 15 is 0 Å². The molecule has 5 aromatic rings. The Bertz CT molecular complexity index is 1720. The Labute approximate surface area is 207 Å². The number of hydrogen-bond donors (Lipinski definition) is 0. The molecular weight excluding hydrogens is 452 g/mol. The summed E-state index contributed by atoms with van der Waals surface area (Å²) in [5.41, 5.74) is 9.56. The lowest BCUT2D eigenvalue weighted by Crippen LogP contribution is -2.05. The van der Waals surface area contributed by atoms with Crippen molar-refractivity contribution in [2.45, 2.75) is 52.6 Å². The van der Waals surface area contributed by atoms with Crippen molar-refractivity contribution >= 4 is 31.6 Å². The number of aryl methyl sites for hydroxylation is 3. The Morgan fingerprint density at radius 1 is 0.629 bits per heavy atom. The monoisotopic (exact) mass is 484 g/mol. The second-order valence-corrected chi connectivity index (χ2v) is 11.3. The molecule has 5 rings (SSSR count). The maximum Gasteiger partial charge on any atom is 0.176 e. The van der Waals surface area contributed by atoms with Crippen LogP contribution in [0, 0.1) is 20.8 Å². The van der Waals surface area contributed by atoms with Crippen LogP contribution >= 0.6 is 0 Å². The summed E-state index contributed by atoms with van der Waals surface area (Å²) in [5.74, 6) is 0. The van der Waals surface area contributed by atoms with Crippen molar-refractivity contribution in [1.82, 2.24) is 9.13 Å². The predicted octanol–water partition coefficient (Wildman–Crippen LogP) is 7.30. The summed E-state index contributed by atoms with van der Waals surface area (Å²) < 4.78 is 31.1. The minimum absolute atomic E-state index is 0.382. The summed E-state index contributed by atoms with van der Waals surface area (Å²) in [7, 11) is -3.49. The fraction of sp³-hybridized carbons (Fsp3) is 0.267. The van der Waals surface area contributed by atoms with E-state index in [1.165, 1.54) is 11.8 Å². The van der Waals surface area contributed by atoms with Gasteiger partial charge in [0.15, 0.2) is 9.84 Å². The largest absolute Gasteiger partial charge is 0.345 e. The highest BCUT2D eigenvalue weighted by atomic mass is 32.2. The number of rotatable bonds is 5. The molecule has 0 atom stereocenters. The van der Waals surface area contributed by atoms with Gasteiger partial charge >= 0.3 is 0 Å². The first-order valence-corrected chi connectivity index (χ1v) is 14.1. The van der Waals surface area contributed by atoms with Crippen LogP contribution in [0.1, 0.15) is 30.8 Å². The quantitative estimate of drug-likeness (QED) is 0.263. The third kappa shape index (κ3) is 3.44.